The minimum absolute atomic E-state index is 0.0326. The number of phosphoric acid groups is 1. The van der Waals surface area contributed by atoms with Gasteiger partial charge in [-0.3, -0.25) is 14.2 Å². The van der Waals surface area contributed by atoms with Gasteiger partial charge in [0.2, 0.25) is 0 Å². The Hall–Kier alpha value is -1.51. The van der Waals surface area contributed by atoms with Crippen LogP contribution in [-0.4, -0.2) is 70.0 Å². The molecule has 2 atom stereocenters. The third kappa shape index (κ3) is 40.2. The maximum Gasteiger partial charge on any atom is 0.306 e. The molecular formula is C44H84NO8P. The molecule has 2 unspecified atom stereocenters. The van der Waals surface area contributed by atoms with Crippen LogP contribution in [0.25, 0.3) is 0 Å². The van der Waals surface area contributed by atoms with Gasteiger partial charge in [0.1, 0.15) is 19.8 Å². The summed E-state index contributed by atoms with van der Waals surface area (Å²) in [5.41, 5.74) is 0. The molecule has 0 radical (unpaired) electrons. The Kier molecular flexibility index (Phi) is 36.1. The van der Waals surface area contributed by atoms with Gasteiger partial charge in [0.15, 0.2) is 6.10 Å². The van der Waals surface area contributed by atoms with Gasteiger partial charge in [0.25, 0.3) is 7.82 Å². The molecule has 0 amide bonds. The summed E-state index contributed by atoms with van der Waals surface area (Å²) in [6, 6.07) is 0. The van der Waals surface area contributed by atoms with Gasteiger partial charge < -0.3 is 27.9 Å². The summed E-state index contributed by atoms with van der Waals surface area (Å²) < 4.78 is 33.9. The number of rotatable bonds is 40. The summed E-state index contributed by atoms with van der Waals surface area (Å²) in [4.78, 5) is 37.5. The minimum atomic E-state index is -4.62. The second-order valence-corrected chi connectivity index (χ2v) is 17.5. The number of hydrogen-bond donors (Lipinski definition) is 0. The molecular weight excluding hydrogens is 701 g/mol. The summed E-state index contributed by atoms with van der Waals surface area (Å²) in [6.07, 6.45) is 39.1. The van der Waals surface area contributed by atoms with Crippen LogP contribution >= 0.6 is 7.82 Å². The van der Waals surface area contributed by atoms with Crippen molar-refractivity contribution >= 4 is 19.8 Å². The van der Waals surface area contributed by atoms with Crippen molar-refractivity contribution in [3.05, 3.63) is 24.3 Å². The summed E-state index contributed by atoms with van der Waals surface area (Å²) in [7, 11) is 1.16. The SMILES string of the molecule is CCCCCCC/C=C\CCCCCCCC(=O)OCC(COP(=O)([O-])OCC[N+](C)(C)C)OC(=O)CCCCCCC/C=C\CCCCCCCCC. The number of nitrogens with zero attached hydrogens (tertiary/aromatic N) is 1. The highest BCUT2D eigenvalue weighted by Gasteiger charge is 2.21. The van der Waals surface area contributed by atoms with E-state index in [2.05, 4.69) is 38.2 Å². The van der Waals surface area contributed by atoms with E-state index in [9.17, 15) is 19.0 Å². The van der Waals surface area contributed by atoms with E-state index in [-0.39, 0.29) is 26.1 Å². The van der Waals surface area contributed by atoms with E-state index in [4.69, 9.17) is 18.5 Å². The third-order valence-corrected chi connectivity index (χ3v) is 10.4. The number of carbonyl (C=O) groups excluding carboxylic acids is 2. The number of likely N-dealkylation sites (N-methyl/N-ethyl adjacent to an activating group) is 1. The fourth-order valence-electron chi connectivity index (χ4n) is 5.94. The summed E-state index contributed by atoms with van der Waals surface area (Å²) in [6.45, 7) is 4.20. The molecule has 0 saturated carbocycles. The fourth-order valence-corrected chi connectivity index (χ4v) is 6.67. The Bertz CT molecular complexity index is 980. The molecule has 0 N–H and O–H groups in total. The highest BCUT2D eigenvalue weighted by Crippen LogP contribution is 2.38. The molecule has 9 nitrogen and oxygen atoms in total. The molecule has 0 bridgehead atoms. The zero-order valence-corrected chi connectivity index (χ0v) is 36.6. The monoisotopic (exact) mass is 786 g/mol. The predicted octanol–water partition coefficient (Wildman–Crippen LogP) is 11.7. The summed E-state index contributed by atoms with van der Waals surface area (Å²) in [5.74, 6) is -0.850. The number of hydrogen-bond acceptors (Lipinski definition) is 8. The molecule has 0 saturated heterocycles. The highest BCUT2D eigenvalue weighted by atomic mass is 31.2. The molecule has 0 aliphatic rings. The van der Waals surface area contributed by atoms with Crippen LogP contribution < -0.4 is 4.89 Å². The van der Waals surface area contributed by atoms with E-state index in [1.54, 1.807) is 0 Å². The first-order chi connectivity index (χ1) is 26.0. The number of unbranched alkanes of at least 4 members (excludes halogenated alkanes) is 22. The molecule has 0 aliphatic carbocycles. The van der Waals surface area contributed by atoms with E-state index in [0.717, 1.165) is 70.6 Å². The smallest absolute Gasteiger partial charge is 0.306 e. The average Bonchev–Trinajstić information content (AvgIpc) is 3.12. The van der Waals surface area contributed by atoms with Crippen molar-refractivity contribution < 1.29 is 42.1 Å². The van der Waals surface area contributed by atoms with Gasteiger partial charge in [-0.05, 0) is 64.2 Å². The molecule has 0 aliphatic heterocycles. The van der Waals surface area contributed by atoms with Crippen LogP contribution in [0.15, 0.2) is 24.3 Å². The van der Waals surface area contributed by atoms with Gasteiger partial charge in [0.05, 0.1) is 27.7 Å². The van der Waals surface area contributed by atoms with Crippen molar-refractivity contribution in [2.45, 2.75) is 200 Å². The van der Waals surface area contributed by atoms with E-state index < -0.39 is 32.5 Å². The lowest BCUT2D eigenvalue weighted by molar-refractivity contribution is -0.870. The first-order valence-electron chi connectivity index (χ1n) is 22.0. The number of esters is 2. The Balaban J connectivity index is 4.38. The van der Waals surface area contributed by atoms with E-state index in [1.165, 1.54) is 89.9 Å². The van der Waals surface area contributed by atoms with Crippen molar-refractivity contribution in [2.75, 3.05) is 47.5 Å². The van der Waals surface area contributed by atoms with Gasteiger partial charge >= 0.3 is 11.9 Å². The van der Waals surface area contributed by atoms with Gasteiger partial charge in [0, 0.05) is 12.8 Å². The topological polar surface area (TPSA) is 111 Å². The highest BCUT2D eigenvalue weighted by molar-refractivity contribution is 7.45. The molecule has 0 aromatic carbocycles. The Labute approximate surface area is 332 Å². The van der Waals surface area contributed by atoms with E-state index in [0.29, 0.717) is 17.4 Å². The molecule has 0 fully saturated rings. The number of quaternary nitrogens is 1. The number of carbonyl (C=O) groups is 2. The van der Waals surface area contributed by atoms with Crippen LogP contribution in [0.4, 0.5) is 0 Å². The van der Waals surface area contributed by atoms with Crippen LogP contribution in [0.2, 0.25) is 0 Å². The first kappa shape index (κ1) is 52.5. The van der Waals surface area contributed by atoms with Gasteiger partial charge in [-0.25, -0.2) is 0 Å². The Morgan fingerprint density at radius 3 is 1.37 bits per heavy atom. The maximum atomic E-state index is 12.7. The van der Waals surface area contributed by atoms with Crippen molar-refractivity contribution in [2.24, 2.45) is 0 Å². The quantitative estimate of drug-likeness (QED) is 0.0198. The zero-order valence-electron chi connectivity index (χ0n) is 35.7. The minimum Gasteiger partial charge on any atom is -0.756 e. The van der Waals surface area contributed by atoms with Gasteiger partial charge in [-0.2, -0.15) is 0 Å². The molecule has 0 heterocycles. The van der Waals surface area contributed by atoms with Crippen molar-refractivity contribution in [3.8, 4) is 0 Å². The number of phosphoric ester groups is 1. The molecule has 0 spiro atoms. The second kappa shape index (κ2) is 37.1. The standard InChI is InChI=1S/C44H84NO8P/c1-6-8-10-12-14-16-18-20-22-23-25-27-29-31-33-35-37-44(47)53-42(41-52-54(48,49)51-39-38-45(3,4)5)40-50-43(46)36-34-32-30-28-26-24-21-19-17-15-13-11-9-7-2/h19,21-23,42H,6-18,20,24-41H2,1-5H3/b21-19-,23-22-. The normalized spacial score (nSPS) is 13.8. The predicted molar refractivity (Wildman–Crippen MR) is 222 cm³/mol. The first-order valence-corrected chi connectivity index (χ1v) is 23.5. The van der Waals surface area contributed by atoms with Crippen molar-refractivity contribution in [1.82, 2.24) is 0 Å². The second-order valence-electron chi connectivity index (χ2n) is 16.1. The van der Waals surface area contributed by atoms with Crippen molar-refractivity contribution in [3.63, 3.8) is 0 Å². The lowest BCUT2D eigenvalue weighted by atomic mass is 10.1. The van der Waals surface area contributed by atoms with Gasteiger partial charge in [-0.1, -0.05) is 141 Å². The fraction of sp³-hybridized carbons (Fsp3) is 0.864. The molecule has 54 heavy (non-hydrogen) atoms. The van der Waals surface area contributed by atoms with Crippen LogP contribution in [0, 0.1) is 0 Å². The number of allylic oxidation sites excluding steroid dienone is 4. The zero-order chi connectivity index (χ0) is 40.0. The van der Waals surface area contributed by atoms with Crippen LogP contribution in [0.5, 0.6) is 0 Å². The largest absolute Gasteiger partial charge is 0.756 e. The van der Waals surface area contributed by atoms with Crippen LogP contribution in [0.1, 0.15) is 194 Å². The molecule has 318 valence electrons. The number of ether oxygens (including phenoxy) is 2. The van der Waals surface area contributed by atoms with Crippen molar-refractivity contribution in [1.29, 1.82) is 0 Å². The van der Waals surface area contributed by atoms with Gasteiger partial charge in [-0.15, -0.1) is 0 Å². The van der Waals surface area contributed by atoms with E-state index >= 15 is 0 Å². The molecule has 0 aromatic rings. The van der Waals surface area contributed by atoms with Crippen LogP contribution in [-0.2, 0) is 32.7 Å². The summed E-state index contributed by atoms with van der Waals surface area (Å²) >= 11 is 0. The Morgan fingerprint density at radius 1 is 0.556 bits per heavy atom. The molecule has 0 rings (SSSR count). The molecule has 10 heteroatoms. The van der Waals surface area contributed by atoms with E-state index in [1.807, 2.05) is 21.1 Å². The maximum absolute atomic E-state index is 12.7. The Morgan fingerprint density at radius 2 is 0.944 bits per heavy atom. The van der Waals surface area contributed by atoms with Crippen LogP contribution in [0.3, 0.4) is 0 Å². The average molecular weight is 786 g/mol. The molecule has 0 aromatic heterocycles. The lowest BCUT2D eigenvalue weighted by Crippen LogP contribution is -2.37. The lowest BCUT2D eigenvalue weighted by Gasteiger charge is -2.28. The summed E-state index contributed by atoms with van der Waals surface area (Å²) in [5, 5.41) is 0. The third-order valence-electron chi connectivity index (χ3n) is 9.44.